The third-order valence-corrected chi connectivity index (χ3v) is 4.70. The lowest BCUT2D eigenvalue weighted by atomic mass is 10.0. The van der Waals surface area contributed by atoms with Gasteiger partial charge in [0.2, 0.25) is 0 Å². The summed E-state index contributed by atoms with van der Waals surface area (Å²) in [6.07, 6.45) is 2.32. The van der Waals surface area contributed by atoms with E-state index in [1.165, 1.54) is 7.11 Å². The van der Waals surface area contributed by atoms with Crippen LogP contribution in [0.15, 0.2) is 51.8 Å². The Balaban J connectivity index is 2.13. The van der Waals surface area contributed by atoms with E-state index in [9.17, 15) is 9.59 Å². The Kier molecular flexibility index (Phi) is 5.80. The first-order chi connectivity index (χ1) is 10.5. The number of ketones is 1. The first-order valence-electron chi connectivity index (χ1n) is 6.59. The second-order valence-corrected chi connectivity index (χ2v) is 6.36. The molecule has 2 rings (SSSR count). The number of rotatable bonds is 5. The quantitative estimate of drug-likeness (QED) is 0.439. The van der Waals surface area contributed by atoms with Gasteiger partial charge in [-0.25, -0.2) is 4.79 Å². The molecular formula is C17H15BrO3S. The molecule has 0 spiro atoms. The van der Waals surface area contributed by atoms with Crippen LogP contribution in [-0.4, -0.2) is 25.1 Å². The Morgan fingerprint density at radius 3 is 2.27 bits per heavy atom. The Morgan fingerprint density at radius 1 is 1.09 bits per heavy atom. The molecule has 0 aliphatic carbocycles. The molecule has 0 amide bonds. The lowest BCUT2D eigenvalue weighted by Gasteiger charge is -2.06. The Morgan fingerprint density at radius 2 is 1.73 bits per heavy atom. The molecule has 2 aromatic rings. The van der Waals surface area contributed by atoms with Gasteiger partial charge in [-0.15, -0.1) is 11.8 Å². The van der Waals surface area contributed by atoms with Crippen LogP contribution in [-0.2, 0) is 11.2 Å². The van der Waals surface area contributed by atoms with Gasteiger partial charge < -0.3 is 4.74 Å². The number of carbonyl (C=O) groups is 2. The van der Waals surface area contributed by atoms with Crippen molar-refractivity contribution in [2.75, 3.05) is 13.4 Å². The maximum Gasteiger partial charge on any atom is 0.337 e. The van der Waals surface area contributed by atoms with E-state index in [1.54, 1.807) is 36.0 Å². The Hall–Kier alpha value is -1.59. The zero-order valence-electron chi connectivity index (χ0n) is 12.3. The summed E-state index contributed by atoms with van der Waals surface area (Å²) in [6.45, 7) is 0. The molecule has 0 radical (unpaired) electrons. The molecule has 22 heavy (non-hydrogen) atoms. The van der Waals surface area contributed by atoms with Crippen LogP contribution >= 0.6 is 27.7 Å². The van der Waals surface area contributed by atoms with Crippen molar-refractivity contribution < 1.29 is 14.3 Å². The van der Waals surface area contributed by atoms with E-state index < -0.39 is 5.97 Å². The third kappa shape index (κ3) is 3.99. The number of hydrogen-bond acceptors (Lipinski definition) is 4. The zero-order valence-corrected chi connectivity index (χ0v) is 14.7. The molecule has 0 aliphatic rings. The topological polar surface area (TPSA) is 43.4 Å². The van der Waals surface area contributed by atoms with Crippen molar-refractivity contribution >= 4 is 39.4 Å². The van der Waals surface area contributed by atoms with Crippen molar-refractivity contribution in [3.63, 3.8) is 0 Å². The van der Waals surface area contributed by atoms with Crippen molar-refractivity contribution in [2.24, 2.45) is 0 Å². The van der Waals surface area contributed by atoms with Crippen LogP contribution in [0, 0.1) is 0 Å². The van der Waals surface area contributed by atoms with Crippen LogP contribution in [0.3, 0.4) is 0 Å². The van der Waals surface area contributed by atoms with Gasteiger partial charge in [-0.1, -0.05) is 34.1 Å². The average Bonchev–Trinajstić information content (AvgIpc) is 2.56. The highest BCUT2D eigenvalue weighted by Gasteiger charge is 2.11. The van der Waals surface area contributed by atoms with Gasteiger partial charge in [-0.3, -0.25) is 4.79 Å². The number of ether oxygens (including phenoxy) is 1. The van der Waals surface area contributed by atoms with Gasteiger partial charge in [0.25, 0.3) is 0 Å². The summed E-state index contributed by atoms with van der Waals surface area (Å²) >= 11 is 5.16. The number of halogens is 1. The highest BCUT2D eigenvalue weighted by atomic mass is 79.9. The largest absolute Gasteiger partial charge is 0.465 e. The molecule has 2 aromatic carbocycles. The highest BCUT2D eigenvalue weighted by Crippen LogP contribution is 2.25. The number of methoxy groups -OCH3 is 1. The fourth-order valence-electron chi connectivity index (χ4n) is 1.98. The summed E-state index contributed by atoms with van der Waals surface area (Å²) in [5.74, 6) is -0.400. The molecule has 0 aliphatic heterocycles. The number of esters is 1. The van der Waals surface area contributed by atoms with E-state index in [1.807, 2.05) is 24.5 Å². The Bertz CT molecular complexity index is 696. The van der Waals surface area contributed by atoms with Crippen LogP contribution < -0.4 is 0 Å². The maximum atomic E-state index is 12.3. The molecule has 0 saturated heterocycles. The average molecular weight is 379 g/mol. The fraction of sp³-hybridized carbons (Fsp3) is 0.176. The van der Waals surface area contributed by atoms with Crippen LogP contribution in [0.1, 0.15) is 26.3 Å². The zero-order chi connectivity index (χ0) is 16.1. The van der Waals surface area contributed by atoms with Gasteiger partial charge in [-0.05, 0) is 36.1 Å². The summed E-state index contributed by atoms with van der Waals surface area (Å²) in [4.78, 5) is 24.8. The van der Waals surface area contributed by atoms with Crippen LogP contribution in [0.5, 0.6) is 0 Å². The van der Waals surface area contributed by atoms with Crippen molar-refractivity contribution in [3.8, 4) is 0 Å². The fourth-order valence-corrected chi connectivity index (χ4v) is 3.09. The molecule has 0 unspecified atom stereocenters. The van der Waals surface area contributed by atoms with Crippen molar-refractivity contribution in [3.05, 3.63) is 63.6 Å². The predicted molar refractivity (Wildman–Crippen MR) is 91.7 cm³/mol. The van der Waals surface area contributed by atoms with E-state index >= 15 is 0 Å². The molecule has 0 bridgehead atoms. The van der Waals surface area contributed by atoms with Crippen LogP contribution in [0.25, 0.3) is 0 Å². The van der Waals surface area contributed by atoms with Crippen LogP contribution in [0.2, 0.25) is 0 Å². The summed E-state index contributed by atoms with van der Waals surface area (Å²) in [6, 6.07) is 12.5. The van der Waals surface area contributed by atoms with Gasteiger partial charge in [-0.2, -0.15) is 0 Å². The number of carbonyl (C=O) groups excluding carboxylic acids is 2. The molecule has 0 N–H and O–H groups in total. The lowest BCUT2D eigenvalue weighted by Crippen LogP contribution is -2.06. The standard InChI is InChI=1S/C17H15BrO3S/c1-21-17(20)12-5-3-11(4-6-12)16(19)9-13-7-8-14(22-2)10-15(13)18/h3-8,10H,9H2,1-2H3. The predicted octanol–water partition coefficient (Wildman–Crippen LogP) is 4.38. The minimum absolute atomic E-state index is 0.00835. The molecule has 0 heterocycles. The first-order valence-corrected chi connectivity index (χ1v) is 8.61. The molecule has 0 aromatic heterocycles. The molecule has 5 heteroatoms. The minimum Gasteiger partial charge on any atom is -0.465 e. The molecule has 0 atom stereocenters. The third-order valence-electron chi connectivity index (χ3n) is 3.24. The van der Waals surface area contributed by atoms with Crippen molar-refractivity contribution in [1.82, 2.24) is 0 Å². The Labute approximate surface area is 142 Å². The number of hydrogen-bond donors (Lipinski definition) is 0. The summed E-state index contributed by atoms with van der Waals surface area (Å²) in [5.41, 5.74) is 1.96. The molecule has 0 saturated carbocycles. The second-order valence-electron chi connectivity index (χ2n) is 4.63. The van der Waals surface area contributed by atoms with Gasteiger partial charge >= 0.3 is 5.97 Å². The summed E-state index contributed by atoms with van der Waals surface area (Å²) in [5, 5.41) is 0. The van der Waals surface area contributed by atoms with Crippen molar-refractivity contribution in [2.45, 2.75) is 11.3 Å². The number of benzene rings is 2. The summed E-state index contributed by atoms with van der Waals surface area (Å²) in [7, 11) is 1.33. The summed E-state index contributed by atoms with van der Waals surface area (Å²) < 4.78 is 5.57. The van der Waals surface area contributed by atoms with Crippen LogP contribution in [0.4, 0.5) is 0 Å². The molecule has 0 fully saturated rings. The number of thioether (sulfide) groups is 1. The van der Waals surface area contributed by atoms with E-state index in [2.05, 4.69) is 20.7 Å². The first kappa shape index (κ1) is 16.8. The van der Waals surface area contributed by atoms with E-state index in [-0.39, 0.29) is 5.78 Å². The van der Waals surface area contributed by atoms with Gasteiger partial charge in [0.15, 0.2) is 5.78 Å². The van der Waals surface area contributed by atoms with E-state index in [0.29, 0.717) is 17.5 Å². The lowest BCUT2D eigenvalue weighted by molar-refractivity contribution is 0.0600. The van der Waals surface area contributed by atoms with Gasteiger partial charge in [0.05, 0.1) is 12.7 Å². The minimum atomic E-state index is -0.408. The molecular weight excluding hydrogens is 364 g/mol. The molecule has 3 nitrogen and oxygen atoms in total. The normalized spacial score (nSPS) is 10.3. The molecule has 114 valence electrons. The monoisotopic (exact) mass is 378 g/mol. The van der Waals surface area contributed by atoms with Gasteiger partial charge in [0, 0.05) is 21.4 Å². The number of Topliss-reactive ketones (excluding diaryl/α,β-unsaturated/α-hetero) is 1. The van der Waals surface area contributed by atoms with Gasteiger partial charge in [0.1, 0.15) is 0 Å². The second kappa shape index (κ2) is 7.61. The van der Waals surface area contributed by atoms with E-state index in [0.717, 1.165) is 14.9 Å². The van der Waals surface area contributed by atoms with E-state index in [4.69, 9.17) is 0 Å². The SMILES string of the molecule is COC(=O)c1ccc(C(=O)Cc2ccc(SC)cc2Br)cc1. The van der Waals surface area contributed by atoms with Crippen molar-refractivity contribution in [1.29, 1.82) is 0 Å². The highest BCUT2D eigenvalue weighted by molar-refractivity contribution is 9.10. The smallest absolute Gasteiger partial charge is 0.337 e. The maximum absolute atomic E-state index is 12.3.